The second kappa shape index (κ2) is 9.52. The highest BCUT2D eigenvalue weighted by atomic mass is 16.5. The van der Waals surface area contributed by atoms with Crippen molar-refractivity contribution < 1.29 is 4.74 Å². The summed E-state index contributed by atoms with van der Waals surface area (Å²) in [4.78, 5) is 11.2. The topological polar surface area (TPSA) is 62.3 Å². The average molecular weight is 295 g/mol. The fraction of sp³-hybridized carbons (Fsp3) is 0.733. The van der Waals surface area contributed by atoms with Crippen LogP contribution in [-0.4, -0.2) is 54.7 Å². The fourth-order valence-electron chi connectivity index (χ4n) is 1.78. The van der Waals surface area contributed by atoms with Crippen molar-refractivity contribution in [1.82, 2.24) is 14.9 Å². The van der Waals surface area contributed by atoms with Crippen LogP contribution in [0, 0.1) is 0 Å². The minimum absolute atomic E-state index is 0.441. The summed E-state index contributed by atoms with van der Waals surface area (Å²) in [7, 11) is 4.00. The molecular weight excluding hydrogens is 266 g/mol. The Morgan fingerprint density at radius 2 is 2.00 bits per heavy atom. The number of hydrogen-bond acceptors (Lipinski definition) is 6. The summed E-state index contributed by atoms with van der Waals surface area (Å²) in [5, 5.41) is 6.41. The largest absolute Gasteiger partial charge is 0.374 e. The SMILES string of the molecule is CCOCc1nc(NC)cc(NCCCN(C)C(C)C)n1. The maximum Gasteiger partial charge on any atom is 0.158 e. The van der Waals surface area contributed by atoms with E-state index in [1.54, 1.807) is 0 Å². The van der Waals surface area contributed by atoms with Gasteiger partial charge < -0.3 is 20.3 Å². The van der Waals surface area contributed by atoms with Crippen LogP contribution in [0.25, 0.3) is 0 Å². The van der Waals surface area contributed by atoms with Gasteiger partial charge in [-0.05, 0) is 40.8 Å². The molecule has 0 fully saturated rings. The van der Waals surface area contributed by atoms with Crippen LogP contribution >= 0.6 is 0 Å². The number of hydrogen-bond donors (Lipinski definition) is 2. The maximum atomic E-state index is 5.37. The molecule has 0 aliphatic heterocycles. The van der Waals surface area contributed by atoms with Gasteiger partial charge in [-0.25, -0.2) is 9.97 Å². The molecule has 0 aliphatic rings. The van der Waals surface area contributed by atoms with Crippen LogP contribution in [0.4, 0.5) is 11.6 Å². The summed E-state index contributed by atoms with van der Waals surface area (Å²) in [5.74, 6) is 2.35. The van der Waals surface area contributed by atoms with E-state index < -0.39 is 0 Å². The van der Waals surface area contributed by atoms with Gasteiger partial charge in [-0.3, -0.25) is 0 Å². The Labute approximate surface area is 128 Å². The highest BCUT2D eigenvalue weighted by molar-refractivity contribution is 5.47. The first kappa shape index (κ1) is 17.7. The van der Waals surface area contributed by atoms with E-state index in [1.165, 1.54) is 0 Å². The molecule has 6 heteroatoms. The van der Waals surface area contributed by atoms with Gasteiger partial charge in [0, 0.05) is 32.3 Å². The molecule has 0 unspecified atom stereocenters. The Morgan fingerprint density at radius 1 is 1.29 bits per heavy atom. The standard InChI is InChI=1S/C15H29N5O/c1-6-21-11-15-18-13(16-4)10-14(19-15)17-8-7-9-20(5)12(2)3/h10,12H,6-9,11H2,1-5H3,(H2,16,17,18,19). The van der Waals surface area contributed by atoms with E-state index in [1.807, 2.05) is 20.0 Å². The molecule has 0 spiro atoms. The van der Waals surface area contributed by atoms with Crippen molar-refractivity contribution in [3.8, 4) is 0 Å². The first-order valence-electron chi connectivity index (χ1n) is 7.64. The van der Waals surface area contributed by atoms with Crippen LogP contribution < -0.4 is 10.6 Å². The van der Waals surface area contributed by atoms with Gasteiger partial charge in [-0.1, -0.05) is 0 Å². The first-order chi connectivity index (χ1) is 10.1. The third-order valence-electron chi connectivity index (χ3n) is 3.34. The molecule has 21 heavy (non-hydrogen) atoms. The van der Waals surface area contributed by atoms with E-state index in [-0.39, 0.29) is 0 Å². The van der Waals surface area contributed by atoms with Crippen molar-refractivity contribution in [2.75, 3.05) is 44.4 Å². The minimum atomic E-state index is 0.441. The van der Waals surface area contributed by atoms with Crippen molar-refractivity contribution in [3.63, 3.8) is 0 Å². The maximum absolute atomic E-state index is 5.37. The van der Waals surface area contributed by atoms with Gasteiger partial charge in [-0.15, -0.1) is 0 Å². The van der Waals surface area contributed by atoms with Crippen LogP contribution in [0.2, 0.25) is 0 Å². The molecule has 0 saturated heterocycles. The number of nitrogens with one attached hydrogen (secondary N) is 2. The summed E-state index contributed by atoms with van der Waals surface area (Å²) in [6, 6.07) is 2.50. The number of anilines is 2. The van der Waals surface area contributed by atoms with E-state index in [2.05, 4.69) is 46.4 Å². The zero-order valence-electron chi connectivity index (χ0n) is 13.9. The predicted octanol–water partition coefficient (Wildman–Crippen LogP) is 2.20. The number of ether oxygens (including phenoxy) is 1. The molecule has 0 saturated carbocycles. The first-order valence-corrected chi connectivity index (χ1v) is 7.64. The minimum Gasteiger partial charge on any atom is -0.374 e. The van der Waals surface area contributed by atoms with Crippen molar-refractivity contribution >= 4 is 11.6 Å². The van der Waals surface area contributed by atoms with Gasteiger partial charge in [0.15, 0.2) is 5.82 Å². The lowest BCUT2D eigenvalue weighted by Gasteiger charge is -2.20. The Hall–Kier alpha value is -1.40. The van der Waals surface area contributed by atoms with Gasteiger partial charge in [0.05, 0.1) is 0 Å². The monoisotopic (exact) mass is 295 g/mol. The molecule has 1 heterocycles. The molecule has 0 aromatic carbocycles. The van der Waals surface area contributed by atoms with Crippen molar-refractivity contribution in [2.45, 2.75) is 39.8 Å². The van der Waals surface area contributed by atoms with Crippen molar-refractivity contribution in [1.29, 1.82) is 0 Å². The van der Waals surface area contributed by atoms with Gasteiger partial charge in [0.25, 0.3) is 0 Å². The highest BCUT2D eigenvalue weighted by Crippen LogP contribution is 2.11. The second-order valence-electron chi connectivity index (χ2n) is 5.30. The van der Waals surface area contributed by atoms with Crippen LogP contribution in [0.5, 0.6) is 0 Å². The van der Waals surface area contributed by atoms with Crippen LogP contribution in [0.1, 0.15) is 33.0 Å². The molecule has 0 bridgehead atoms. The Kier molecular flexibility index (Phi) is 8.00. The van der Waals surface area contributed by atoms with E-state index >= 15 is 0 Å². The Bertz CT molecular complexity index is 411. The highest BCUT2D eigenvalue weighted by Gasteiger charge is 2.05. The lowest BCUT2D eigenvalue weighted by molar-refractivity contribution is 0.128. The normalized spacial score (nSPS) is 11.2. The third kappa shape index (κ3) is 6.73. The molecule has 0 radical (unpaired) electrons. The average Bonchev–Trinajstić information content (AvgIpc) is 2.48. The summed E-state index contributed by atoms with van der Waals surface area (Å²) < 4.78 is 5.37. The molecule has 0 aliphatic carbocycles. The van der Waals surface area contributed by atoms with E-state index in [0.29, 0.717) is 25.1 Å². The van der Waals surface area contributed by atoms with E-state index in [0.717, 1.165) is 31.1 Å². The van der Waals surface area contributed by atoms with Crippen LogP contribution in [0.3, 0.4) is 0 Å². The van der Waals surface area contributed by atoms with E-state index in [9.17, 15) is 0 Å². The lowest BCUT2D eigenvalue weighted by Crippen LogP contribution is -2.28. The molecule has 1 aromatic heterocycles. The fourth-order valence-corrected chi connectivity index (χ4v) is 1.78. The van der Waals surface area contributed by atoms with Gasteiger partial charge >= 0.3 is 0 Å². The Balaban J connectivity index is 2.49. The summed E-state index contributed by atoms with van der Waals surface area (Å²) >= 11 is 0. The number of nitrogens with zero attached hydrogens (tertiary/aromatic N) is 3. The molecule has 6 nitrogen and oxygen atoms in total. The van der Waals surface area contributed by atoms with Crippen LogP contribution in [0.15, 0.2) is 6.07 Å². The number of aromatic nitrogens is 2. The third-order valence-corrected chi connectivity index (χ3v) is 3.34. The quantitative estimate of drug-likeness (QED) is 0.645. The van der Waals surface area contributed by atoms with E-state index in [4.69, 9.17) is 4.74 Å². The van der Waals surface area contributed by atoms with Crippen molar-refractivity contribution in [3.05, 3.63) is 11.9 Å². The van der Waals surface area contributed by atoms with Crippen LogP contribution in [-0.2, 0) is 11.3 Å². The number of rotatable bonds is 10. The second-order valence-corrected chi connectivity index (χ2v) is 5.30. The van der Waals surface area contributed by atoms with Gasteiger partial charge in [-0.2, -0.15) is 0 Å². The molecule has 120 valence electrons. The molecule has 1 rings (SSSR count). The molecule has 1 aromatic rings. The van der Waals surface area contributed by atoms with Gasteiger partial charge in [0.1, 0.15) is 18.2 Å². The molecule has 2 N–H and O–H groups in total. The smallest absolute Gasteiger partial charge is 0.158 e. The summed E-state index contributed by atoms with van der Waals surface area (Å²) in [6.45, 7) is 9.44. The van der Waals surface area contributed by atoms with Gasteiger partial charge in [0.2, 0.25) is 0 Å². The lowest BCUT2D eigenvalue weighted by atomic mass is 10.3. The molecule has 0 amide bonds. The zero-order chi connectivity index (χ0) is 15.7. The Morgan fingerprint density at radius 3 is 2.62 bits per heavy atom. The summed E-state index contributed by atoms with van der Waals surface area (Å²) in [6.07, 6.45) is 1.08. The molecular formula is C15H29N5O. The predicted molar refractivity (Wildman–Crippen MR) is 87.8 cm³/mol. The zero-order valence-corrected chi connectivity index (χ0v) is 13.9. The summed E-state index contributed by atoms with van der Waals surface area (Å²) in [5.41, 5.74) is 0. The van der Waals surface area contributed by atoms with Crippen molar-refractivity contribution in [2.24, 2.45) is 0 Å². The molecule has 0 atom stereocenters.